The molecule has 12 heteroatoms. The van der Waals surface area contributed by atoms with Gasteiger partial charge in [-0.05, 0) is 48.6 Å². The van der Waals surface area contributed by atoms with Crippen molar-refractivity contribution in [3.8, 4) is 0 Å². The number of alkyl halides is 3. The molecule has 0 aromatic heterocycles. The van der Waals surface area contributed by atoms with Crippen LogP contribution in [0.25, 0.3) is 0 Å². The van der Waals surface area contributed by atoms with Crippen LogP contribution in [0.1, 0.15) is 36.0 Å². The van der Waals surface area contributed by atoms with E-state index in [1.54, 1.807) is 9.80 Å². The zero-order valence-electron chi connectivity index (χ0n) is 19.7. The van der Waals surface area contributed by atoms with Gasteiger partial charge in [-0.15, -0.1) is 0 Å². The number of fused-ring (bicyclic) bond motifs is 1. The molecule has 37 heavy (non-hydrogen) atoms. The van der Waals surface area contributed by atoms with Crippen LogP contribution in [0.5, 0.6) is 0 Å². The summed E-state index contributed by atoms with van der Waals surface area (Å²) in [6.07, 6.45) is -4.38. The Kier molecular flexibility index (Phi) is 7.54. The SMILES string of the molecule is Nc1c(Cl)cc(C[C@@H](CC(=O)N2CCC(N3Cc4ccccc4NC3=O)CC2)C(=O)O)cc1C(F)(F)F. The number of carboxylic acid groups (broad SMARTS) is 1. The first-order chi connectivity index (χ1) is 17.4. The number of benzene rings is 2. The van der Waals surface area contributed by atoms with Gasteiger partial charge in [-0.2, -0.15) is 13.2 Å². The first-order valence-electron chi connectivity index (χ1n) is 11.7. The standard InChI is InChI=1S/C25H26ClF3N4O4/c26-19-11-14(10-18(22(19)30)25(27,28)29)9-16(23(35)36)12-21(34)32-7-5-17(6-8-32)33-13-15-3-1-2-4-20(15)31-24(33)37/h1-4,10-11,16-17H,5-9,12-13,30H2,(H,31,37)(H,35,36)/t16-/m0/s1. The monoisotopic (exact) mass is 538 g/mol. The van der Waals surface area contributed by atoms with Gasteiger partial charge < -0.3 is 26.0 Å². The second-order valence-corrected chi connectivity index (χ2v) is 9.71. The summed E-state index contributed by atoms with van der Waals surface area (Å²) in [4.78, 5) is 40.6. The van der Waals surface area contributed by atoms with E-state index in [2.05, 4.69) is 5.32 Å². The van der Waals surface area contributed by atoms with Crippen LogP contribution in [0.2, 0.25) is 5.02 Å². The third kappa shape index (κ3) is 5.93. The van der Waals surface area contributed by atoms with E-state index in [0.717, 1.165) is 17.3 Å². The Hall–Kier alpha value is -3.47. The summed E-state index contributed by atoms with van der Waals surface area (Å²) < 4.78 is 39.8. The predicted octanol–water partition coefficient (Wildman–Crippen LogP) is 4.61. The summed E-state index contributed by atoms with van der Waals surface area (Å²) in [6, 6.07) is 9.22. The van der Waals surface area contributed by atoms with E-state index in [1.807, 2.05) is 24.3 Å². The Labute approximate surface area is 216 Å². The van der Waals surface area contributed by atoms with E-state index >= 15 is 0 Å². The van der Waals surface area contributed by atoms with Crippen molar-refractivity contribution in [2.75, 3.05) is 24.1 Å². The smallest absolute Gasteiger partial charge is 0.418 e. The largest absolute Gasteiger partial charge is 0.481 e. The van der Waals surface area contributed by atoms with Crippen LogP contribution in [0.4, 0.5) is 29.3 Å². The lowest BCUT2D eigenvalue weighted by atomic mass is 9.93. The fourth-order valence-electron chi connectivity index (χ4n) is 4.84. The van der Waals surface area contributed by atoms with Gasteiger partial charge in [0.2, 0.25) is 5.91 Å². The molecule has 8 nitrogen and oxygen atoms in total. The number of carboxylic acids is 1. The summed E-state index contributed by atoms with van der Waals surface area (Å²) in [6.45, 7) is 1.14. The number of amides is 3. The van der Waals surface area contributed by atoms with Crippen molar-refractivity contribution < 1.29 is 32.7 Å². The minimum Gasteiger partial charge on any atom is -0.481 e. The number of piperidine rings is 1. The van der Waals surface area contributed by atoms with Gasteiger partial charge in [0, 0.05) is 37.8 Å². The fourth-order valence-corrected chi connectivity index (χ4v) is 5.08. The highest BCUT2D eigenvalue weighted by Gasteiger charge is 2.36. The fraction of sp³-hybridized carbons (Fsp3) is 0.400. The Balaban J connectivity index is 1.37. The number of hydrogen-bond acceptors (Lipinski definition) is 4. The van der Waals surface area contributed by atoms with Crippen molar-refractivity contribution in [2.24, 2.45) is 5.92 Å². The topological polar surface area (TPSA) is 116 Å². The van der Waals surface area contributed by atoms with Crippen molar-refractivity contribution in [3.05, 3.63) is 58.1 Å². The molecule has 198 valence electrons. The molecular weight excluding hydrogens is 513 g/mol. The van der Waals surface area contributed by atoms with Crippen LogP contribution in [0.3, 0.4) is 0 Å². The van der Waals surface area contributed by atoms with E-state index < -0.39 is 35.2 Å². The Morgan fingerprint density at radius 3 is 2.51 bits per heavy atom. The van der Waals surface area contributed by atoms with Crippen molar-refractivity contribution in [1.82, 2.24) is 9.80 Å². The summed E-state index contributed by atoms with van der Waals surface area (Å²) in [7, 11) is 0. The number of aliphatic carboxylic acids is 1. The molecule has 2 aromatic carbocycles. The third-order valence-corrected chi connectivity index (χ3v) is 7.18. The van der Waals surface area contributed by atoms with E-state index in [0.29, 0.717) is 32.5 Å². The van der Waals surface area contributed by atoms with Crippen LogP contribution < -0.4 is 11.1 Å². The van der Waals surface area contributed by atoms with Gasteiger partial charge in [-0.25, -0.2) is 4.79 Å². The summed E-state index contributed by atoms with van der Waals surface area (Å²) in [5.74, 6) is -2.94. The van der Waals surface area contributed by atoms with Crippen molar-refractivity contribution in [2.45, 2.75) is 44.4 Å². The molecule has 2 aliphatic heterocycles. The minimum atomic E-state index is -4.75. The Bertz CT molecular complexity index is 1210. The van der Waals surface area contributed by atoms with Crippen molar-refractivity contribution >= 4 is 40.9 Å². The van der Waals surface area contributed by atoms with Gasteiger partial charge in [0.05, 0.1) is 22.2 Å². The molecular formula is C25H26ClF3N4O4. The highest BCUT2D eigenvalue weighted by atomic mass is 35.5. The number of likely N-dealkylation sites (tertiary alicyclic amines) is 1. The molecule has 1 atom stereocenters. The Morgan fingerprint density at radius 2 is 1.86 bits per heavy atom. The van der Waals surface area contributed by atoms with Crippen LogP contribution in [0.15, 0.2) is 36.4 Å². The van der Waals surface area contributed by atoms with Crippen LogP contribution in [-0.2, 0) is 28.7 Å². The molecule has 0 spiro atoms. The number of halogens is 4. The molecule has 3 amide bonds. The van der Waals surface area contributed by atoms with Crippen LogP contribution in [0, 0.1) is 5.92 Å². The summed E-state index contributed by atoms with van der Waals surface area (Å²) >= 11 is 5.85. The molecule has 2 aliphatic rings. The lowest BCUT2D eigenvalue weighted by Gasteiger charge is -2.40. The van der Waals surface area contributed by atoms with Crippen molar-refractivity contribution in [1.29, 1.82) is 0 Å². The number of urea groups is 1. The van der Waals surface area contributed by atoms with E-state index in [4.69, 9.17) is 17.3 Å². The minimum absolute atomic E-state index is 0.0295. The zero-order valence-corrected chi connectivity index (χ0v) is 20.5. The number of hydrogen-bond donors (Lipinski definition) is 3. The maximum absolute atomic E-state index is 13.3. The zero-order chi connectivity index (χ0) is 26.9. The molecule has 1 fully saturated rings. The molecule has 4 N–H and O–H groups in total. The number of rotatable bonds is 6. The van der Waals surface area contributed by atoms with E-state index in [-0.39, 0.29) is 35.5 Å². The number of nitrogens with two attached hydrogens (primary N) is 1. The molecule has 0 bridgehead atoms. The number of para-hydroxylation sites is 1. The van der Waals surface area contributed by atoms with E-state index in [1.165, 1.54) is 6.07 Å². The number of nitrogen functional groups attached to an aromatic ring is 1. The molecule has 0 saturated carbocycles. The lowest BCUT2D eigenvalue weighted by molar-refractivity contribution is -0.146. The molecule has 2 heterocycles. The quantitative estimate of drug-likeness (QED) is 0.464. The number of carbonyl (C=O) groups is 3. The highest BCUT2D eigenvalue weighted by Crippen LogP contribution is 2.38. The van der Waals surface area contributed by atoms with Gasteiger partial charge >= 0.3 is 18.2 Å². The number of carbonyl (C=O) groups excluding carboxylic acids is 2. The first kappa shape index (κ1) is 26.6. The molecule has 4 rings (SSSR count). The van der Waals surface area contributed by atoms with E-state index in [9.17, 15) is 32.7 Å². The maximum Gasteiger partial charge on any atom is 0.418 e. The highest BCUT2D eigenvalue weighted by molar-refractivity contribution is 6.33. The normalized spacial score (nSPS) is 17.2. The first-order valence-corrected chi connectivity index (χ1v) is 12.1. The maximum atomic E-state index is 13.3. The summed E-state index contributed by atoms with van der Waals surface area (Å²) in [5.41, 5.74) is 5.48. The predicted molar refractivity (Wildman–Crippen MR) is 131 cm³/mol. The second kappa shape index (κ2) is 10.5. The third-order valence-electron chi connectivity index (χ3n) is 6.87. The average Bonchev–Trinajstić information content (AvgIpc) is 2.84. The van der Waals surface area contributed by atoms with Gasteiger partial charge in [-0.3, -0.25) is 9.59 Å². The average molecular weight is 539 g/mol. The molecule has 1 saturated heterocycles. The van der Waals surface area contributed by atoms with Crippen LogP contribution >= 0.6 is 11.6 Å². The van der Waals surface area contributed by atoms with Crippen molar-refractivity contribution in [3.63, 3.8) is 0 Å². The van der Waals surface area contributed by atoms with Gasteiger partial charge in [-0.1, -0.05) is 29.8 Å². The number of nitrogens with zero attached hydrogens (tertiary/aromatic N) is 2. The number of nitrogens with one attached hydrogen (secondary N) is 1. The van der Waals surface area contributed by atoms with Gasteiger partial charge in [0.15, 0.2) is 0 Å². The van der Waals surface area contributed by atoms with Gasteiger partial charge in [0.25, 0.3) is 0 Å². The Morgan fingerprint density at radius 1 is 1.19 bits per heavy atom. The van der Waals surface area contributed by atoms with Gasteiger partial charge in [0.1, 0.15) is 0 Å². The lowest BCUT2D eigenvalue weighted by Crippen LogP contribution is -2.51. The molecule has 0 aliphatic carbocycles. The molecule has 0 radical (unpaired) electrons. The molecule has 0 unspecified atom stereocenters. The number of anilines is 2. The second-order valence-electron chi connectivity index (χ2n) is 9.31. The summed E-state index contributed by atoms with van der Waals surface area (Å²) in [5, 5.41) is 12.2. The molecule has 2 aromatic rings. The van der Waals surface area contributed by atoms with Crippen LogP contribution in [-0.4, -0.2) is 51.9 Å².